The fourth-order valence-corrected chi connectivity index (χ4v) is 3.63. The summed E-state index contributed by atoms with van der Waals surface area (Å²) >= 11 is 0. The lowest BCUT2D eigenvalue weighted by Crippen LogP contribution is -2.38. The highest BCUT2D eigenvalue weighted by atomic mass is 32.2. The molecule has 0 aliphatic carbocycles. The third-order valence-corrected chi connectivity index (χ3v) is 5.24. The molecule has 1 fully saturated rings. The average Bonchev–Trinajstić information content (AvgIpc) is 2.46. The minimum absolute atomic E-state index is 0.0350. The number of likely N-dealkylation sites (tertiary alicyclic amines) is 1. The van der Waals surface area contributed by atoms with Crippen LogP contribution in [-0.4, -0.2) is 38.1 Å². The van der Waals surface area contributed by atoms with Crippen molar-refractivity contribution in [2.75, 3.05) is 18.8 Å². The number of carbonyl (C=O) groups is 1. The van der Waals surface area contributed by atoms with Gasteiger partial charge in [0.15, 0.2) is 9.84 Å². The van der Waals surface area contributed by atoms with Crippen LogP contribution in [0.1, 0.15) is 24.8 Å². The Morgan fingerprint density at radius 1 is 1.25 bits per heavy atom. The van der Waals surface area contributed by atoms with Crippen molar-refractivity contribution in [2.45, 2.75) is 30.7 Å². The second kappa shape index (κ2) is 6.37. The average molecular weight is 296 g/mol. The number of nitrogens with zero attached hydrogens (tertiary/aromatic N) is 1. The van der Waals surface area contributed by atoms with E-state index in [1.165, 1.54) is 0 Å². The molecule has 1 aliphatic rings. The van der Waals surface area contributed by atoms with E-state index in [2.05, 4.69) is 0 Å². The normalized spacial score (nSPS) is 16.4. The van der Waals surface area contributed by atoms with Crippen LogP contribution in [0.3, 0.4) is 0 Å². The maximum Gasteiger partial charge on any atom is 0.222 e. The number of nitrogens with two attached hydrogens (primary N) is 1. The summed E-state index contributed by atoms with van der Waals surface area (Å²) in [6.07, 6.45) is 2.39. The Morgan fingerprint density at radius 3 is 2.75 bits per heavy atom. The van der Waals surface area contributed by atoms with E-state index in [-0.39, 0.29) is 23.1 Å². The lowest BCUT2D eigenvalue weighted by atomic mass is 10.1. The Balaban J connectivity index is 2.05. The fourth-order valence-electron chi connectivity index (χ4n) is 2.31. The van der Waals surface area contributed by atoms with Crippen LogP contribution < -0.4 is 5.73 Å². The lowest BCUT2D eigenvalue weighted by molar-refractivity contribution is -0.132. The van der Waals surface area contributed by atoms with Crippen molar-refractivity contribution in [3.05, 3.63) is 29.8 Å². The van der Waals surface area contributed by atoms with Gasteiger partial charge in [0.1, 0.15) is 0 Å². The first-order valence-corrected chi connectivity index (χ1v) is 8.48. The van der Waals surface area contributed by atoms with Gasteiger partial charge in [-0.15, -0.1) is 0 Å². The van der Waals surface area contributed by atoms with Crippen LogP contribution in [0.5, 0.6) is 0 Å². The van der Waals surface area contributed by atoms with Gasteiger partial charge < -0.3 is 10.6 Å². The number of rotatable bonds is 5. The SMILES string of the molecule is NCc1cccc(S(=O)(=O)CCN2CCCCC2=O)c1. The molecule has 110 valence electrons. The van der Waals surface area contributed by atoms with Crippen molar-refractivity contribution in [1.82, 2.24) is 4.90 Å². The van der Waals surface area contributed by atoms with E-state index < -0.39 is 9.84 Å². The number of hydrogen-bond acceptors (Lipinski definition) is 4. The molecular weight excluding hydrogens is 276 g/mol. The molecule has 2 N–H and O–H groups in total. The molecule has 1 aromatic carbocycles. The highest BCUT2D eigenvalue weighted by Crippen LogP contribution is 2.15. The first-order valence-electron chi connectivity index (χ1n) is 6.82. The topological polar surface area (TPSA) is 80.5 Å². The standard InChI is InChI=1S/C14H20N2O3S/c15-11-12-4-3-5-13(10-12)20(18,19)9-8-16-7-2-1-6-14(16)17/h3-5,10H,1-2,6-9,11,15H2. The molecule has 6 heteroatoms. The summed E-state index contributed by atoms with van der Waals surface area (Å²) < 4.78 is 24.5. The second-order valence-electron chi connectivity index (χ2n) is 5.01. The molecule has 0 bridgehead atoms. The zero-order chi connectivity index (χ0) is 14.6. The van der Waals surface area contributed by atoms with E-state index in [1.807, 2.05) is 0 Å². The number of amides is 1. The summed E-state index contributed by atoms with van der Waals surface area (Å²) in [5.74, 6) is 0.0226. The Labute approximate surface area is 119 Å². The predicted octanol–water partition coefficient (Wildman–Crippen LogP) is 0.931. The molecule has 1 amide bonds. The van der Waals surface area contributed by atoms with Crippen molar-refractivity contribution in [3.8, 4) is 0 Å². The summed E-state index contributed by atoms with van der Waals surface area (Å²) in [5.41, 5.74) is 6.32. The highest BCUT2D eigenvalue weighted by Gasteiger charge is 2.21. The minimum atomic E-state index is -3.37. The molecule has 0 saturated carbocycles. The monoisotopic (exact) mass is 296 g/mol. The molecule has 1 aliphatic heterocycles. The third kappa shape index (κ3) is 3.58. The zero-order valence-electron chi connectivity index (χ0n) is 11.4. The molecule has 5 nitrogen and oxygen atoms in total. The minimum Gasteiger partial charge on any atom is -0.342 e. The van der Waals surface area contributed by atoms with Crippen LogP contribution in [0.25, 0.3) is 0 Å². The summed E-state index contributed by atoms with van der Waals surface area (Å²) in [6, 6.07) is 6.67. The van der Waals surface area contributed by atoms with Gasteiger partial charge in [0.2, 0.25) is 5.91 Å². The molecule has 20 heavy (non-hydrogen) atoms. The molecule has 1 heterocycles. The number of sulfone groups is 1. The summed E-state index contributed by atoms with van der Waals surface area (Å²) in [7, 11) is -3.37. The molecule has 0 radical (unpaired) electrons. The van der Waals surface area contributed by atoms with Gasteiger partial charge in [-0.25, -0.2) is 8.42 Å². The number of piperidine rings is 1. The number of carbonyl (C=O) groups excluding carboxylic acids is 1. The quantitative estimate of drug-likeness (QED) is 0.876. The van der Waals surface area contributed by atoms with Gasteiger partial charge in [0.05, 0.1) is 10.6 Å². The molecular formula is C14H20N2O3S. The Hall–Kier alpha value is -1.40. The second-order valence-corrected chi connectivity index (χ2v) is 7.12. The van der Waals surface area contributed by atoms with E-state index in [0.29, 0.717) is 19.5 Å². The van der Waals surface area contributed by atoms with Crippen molar-refractivity contribution in [2.24, 2.45) is 5.73 Å². The van der Waals surface area contributed by atoms with Crippen LogP contribution in [-0.2, 0) is 21.2 Å². The van der Waals surface area contributed by atoms with Gasteiger partial charge in [-0.2, -0.15) is 0 Å². The van der Waals surface area contributed by atoms with Gasteiger partial charge in [0, 0.05) is 26.1 Å². The highest BCUT2D eigenvalue weighted by molar-refractivity contribution is 7.91. The third-order valence-electron chi connectivity index (χ3n) is 3.54. The Bertz CT molecular complexity index is 584. The van der Waals surface area contributed by atoms with E-state index in [0.717, 1.165) is 18.4 Å². The van der Waals surface area contributed by atoms with Crippen LogP contribution in [0.15, 0.2) is 29.2 Å². The molecule has 1 aromatic rings. The van der Waals surface area contributed by atoms with Gasteiger partial charge >= 0.3 is 0 Å². The molecule has 2 rings (SSSR count). The summed E-state index contributed by atoms with van der Waals surface area (Å²) in [6.45, 7) is 1.25. The van der Waals surface area contributed by atoms with E-state index in [4.69, 9.17) is 5.73 Å². The smallest absolute Gasteiger partial charge is 0.222 e. The Kier molecular flexibility index (Phi) is 4.77. The zero-order valence-corrected chi connectivity index (χ0v) is 12.2. The van der Waals surface area contributed by atoms with E-state index >= 15 is 0 Å². The molecule has 0 unspecified atom stereocenters. The van der Waals surface area contributed by atoms with Crippen LogP contribution in [0, 0.1) is 0 Å². The predicted molar refractivity (Wildman–Crippen MR) is 76.8 cm³/mol. The van der Waals surface area contributed by atoms with Crippen molar-refractivity contribution in [1.29, 1.82) is 0 Å². The molecule has 0 aromatic heterocycles. The fraction of sp³-hybridized carbons (Fsp3) is 0.500. The summed E-state index contributed by atoms with van der Waals surface area (Å²) in [4.78, 5) is 13.6. The maximum absolute atomic E-state index is 12.3. The Morgan fingerprint density at radius 2 is 2.05 bits per heavy atom. The van der Waals surface area contributed by atoms with Crippen molar-refractivity contribution < 1.29 is 13.2 Å². The van der Waals surface area contributed by atoms with Gasteiger partial charge in [-0.3, -0.25) is 4.79 Å². The maximum atomic E-state index is 12.3. The van der Waals surface area contributed by atoms with Gasteiger partial charge in [-0.1, -0.05) is 12.1 Å². The van der Waals surface area contributed by atoms with Crippen molar-refractivity contribution in [3.63, 3.8) is 0 Å². The molecule has 0 atom stereocenters. The molecule has 0 spiro atoms. The van der Waals surface area contributed by atoms with Gasteiger partial charge in [-0.05, 0) is 30.5 Å². The first-order chi connectivity index (χ1) is 9.53. The lowest BCUT2D eigenvalue weighted by Gasteiger charge is -2.26. The van der Waals surface area contributed by atoms with E-state index in [9.17, 15) is 13.2 Å². The van der Waals surface area contributed by atoms with Gasteiger partial charge in [0.25, 0.3) is 0 Å². The van der Waals surface area contributed by atoms with Crippen LogP contribution in [0.4, 0.5) is 0 Å². The van der Waals surface area contributed by atoms with Crippen LogP contribution in [0.2, 0.25) is 0 Å². The summed E-state index contributed by atoms with van der Waals surface area (Å²) in [5, 5.41) is 0. The first kappa shape index (κ1) is 15.0. The molecule has 1 saturated heterocycles. The number of benzene rings is 1. The van der Waals surface area contributed by atoms with E-state index in [1.54, 1.807) is 29.2 Å². The largest absolute Gasteiger partial charge is 0.342 e. The van der Waals surface area contributed by atoms with Crippen LogP contribution >= 0.6 is 0 Å². The van der Waals surface area contributed by atoms with Crippen molar-refractivity contribution >= 4 is 15.7 Å². The number of hydrogen-bond donors (Lipinski definition) is 1.